The lowest BCUT2D eigenvalue weighted by atomic mass is 9.99. The number of aliphatic hydroxyl groups is 5. The first-order chi connectivity index (χ1) is 19.2. The summed E-state index contributed by atoms with van der Waals surface area (Å²) in [6.07, 6.45) is -10.2. The highest BCUT2D eigenvalue weighted by molar-refractivity contribution is 5.55. The largest absolute Gasteiger partial charge is 0.493 e. The number of ether oxygens (including phenoxy) is 8. The van der Waals surface area contributed by atoms with Crippen molar-refractivity contribution in [2.24, 2.45) is 0 Å². The molecular formula is C27H36O13. The highest BCUT2D eigenvalue weighted by atomic mass is 16.7. The molecule has 13 nitrogen and oxygen atoms in total. The first-order valence-corrected chi connectivity index (χ1v) is 12.6. The van der Waals surface area contributed by atoms with Gasteiger partial charge >= 0.3 is 0 Å². The molecule has 13 heteroatoms. The molecule has 5 N–H and O–H groups in total. The number of hydrogen-bond acceptors (Lipinski definition) is 13. The first kappa shape index (κ1) is 30.2. The summed E-state index contributed by atoms with van der Waals surface area (Å²) in [4.78, 5) is 0. The fraction of sp³-hybridized carbons (Fsp3) is 0.556. The van der Waals surface area contributed by atoms with Crippen LogP contribution in [-0.2, 0) is 25.6 Å². The summed E-state index contributed by atoms with van der Waals surface area (Å²) in [5.74, 6) is 1.06. The molecule has 0 aromatic heterocycles. The van der Waals surface area contributed by atoms with Crippen LogP contribution < -0.4 is 18.9 Å². The molecular weight excluding hydrogens is 532 g/mol. The molecule has 0 spiro atoms. The summed E-state index contributed by atoms with van der Waals surface area (Å²) in [5, 5.41) is 52.9. The van der Waals surface area contributed by atoms with Gasteiger partial charge in [0.15, 0.2) is 17.8 Å². The van der Waals surface area contributed by atoms with Crippen molar-refractivity contribution in [2.75, 3.05) is 41.2 Å². The summed E-state index contributed by atoms with van der Waals surface area (Å²) in [5.41, 5.74) is -0.820. The van der Waals surface area contributed by atoms with Crippen LogP contribution >= 0.6 is 0 Å². The van der Waals surface area contributed by atoms with Crippen molar-refractivity contribution in [2.45, 2.75) is 55.3 Å². The Morgan fingerprint density at radius 1 is 0.875 bits per heavy atom. The lowest BCUT2D eigenvalue weighted by Gasteiger charge is -2.40. The van der Waals surface area contributed by atoms with Gasteiger partial charge in [0.05, 0.1) is 47.8 Å². The molecule has 0 saturated carbocycles. The van der Waals surface area contributed by atoms with E-state index in [1.54, 1.807) is 0 Å². The number of aliphatic hydroxyl groups excluding tert-OH is 4. The van der Waals surface area contributed by atoms with Gasteiger partial charge in [0, 0.05) is 12.1 Å². The Hall–Kier alpha value is -2.72. The molecule has 2 fully saturated rings. The Labute approximate surface area is 231 Å². The third-order valence-electron chi connectivity index (χ3n) is 6.75. The molecule has 222 valence electrons. The maximum atomic E-state index is 10.8. The molecule has 2 aromatic rings. The second-order valence-corrected chi connectivity index (χ2v) is 9.53. The molecule has 0 aliphatic carbocycles. The molecule has 0 unspecified atom stereocenters. The monoisotopic (exact) mass is 568 g/mol. The van der Waals surface area contributed by atoms with Gasteiger partial charge in [-0.3, -0.25) is 0 Å². The van der Waals surface area contributed by atoms with Crippen molar-refractivity contribution in [3.63, 3.8) is 0 Å². The summed E-state index contributed by atoms with van der Waals surface area (Å²) in [6, 6.07) is 12.3. The predicted octanol–water partition coefficient (Wildman–Crippen LogP) is -0.419. The van der Waals surface area contributed by atoms with E-state index in [9.17, 15) is 25.5 Å². The van der Waals surface area contributed by atoms with E-state index in [2.05, 4.69) is 0 Å². The molecule has 2 aliphatic heterocycles. The SMILES string of the molecule is COc1cc(O[C@@H]2O[C@H](CO[C@@H]3OC[C@](O)(COCc4ccccc4)[C@H]3O)[C@@H](O)[C@H](O)[C@H]2O)cc(OC)c1OC. The predicted molar refractivity (Wildman–Crippen MR) is 136 cm³/mol. The zero-order valence-corrected chi connectivity index (χ0v) is 22.4. The van der Waals surface area contributed by atoms with Crippen molar-refractivity contribution in [1.29, 1.82) is 0 Å². The average molecular weight is 569 g/mol. The van der Waals surface area contributed by atoms with Crippen LogP contribution in [0, 0.1) is 0 Å². The van der Waals surface area contributed by atoms with Gasteiger partial charge in [0.2, 0.25) is 12.0 Å². The molecule has 2 aromatic carbocycles. The molecule has 0 radical (unpaired) electrons. The molecule has 40 heavy (non-hydrogen) atoms. The molecule has 0 bridgehead atoms. The van der Waals surface area contributed by atoms with Gasteiger partial charge in [-0.2, -0.15) is 0 Å². The zero-order chi connectivity index (χ0) is 28.9. The standard InChI is InChI=1S/C27H36O13/c1-33-17-9-16(10-18(34-2)23(17)35-3)39-25-22(30)21(29)20(28)19(40-25)12-37-26-24(31)27(32,14-38-26)13-36-11-15-7-5-4-6-8-15/h4-10,19-22,24-26,28-32H,11-14H2,1-3H3/t19-,20-,21+,22-,24+,25-,26-,27-/m1/s1. The quantitative estimate of drug-likeness (QED) is 0.224. The van der Waals surface area contributed by atoms with Gasteiger partial charge in [-0.25, -0.2) is 0 Å². The Morgan fingerprint density at radius 2 is 1.55 bits per heavy atom. The molecule has 2 aliphatic rings. The van der Waals surface area contributed by atoms with Gasteiger partial charge < -0.3 is 63.4 Å². The van der Waals surface area contributed by atoms with Gasteiger partial charge in [-0.15, -0.1) is 0 Å². The van der Waals surface area contributed by atoms with Crippen molar-refractivity contribution in [3.05, 3.63) is 48.0 Å². The van der Waals surface area contributed by atoms with Crippen LogP contribution in [0.2, 0.25) is 0 Å². The Kier molecular flexibility index (Phi) is 10.1. The number of benzene rings is 2. The Balaban J connectivity index is 1.35. The minimum Gasteiger partial charge on any atom is -0.493 e. The van der Waals surface area contributed by atoms with Crippen molar-refractivity contribution < 1.29 is 63.4 Å². The summed E-state index contributed by atoms with van der Waals surface area (Å²) in [7, 11) is 4.30. The summed E-state index contributed by atoms with van der Waals surface area (Å²) >= 11 is 0. The molecule has 0 amide bonds. The zero-order valence-electron chi connectivity index (χ0n) is 22.4. The number of methoxy groups -OCH3 is 3. The van der Waals surface area contributed by atoms with E-state index < -0.39 is 48.7 Å². The van der Waals surface area contributed by atoms with Crippen LogP contribution in [0.5, 0.6) is 23.0 Å². The molecule has 2 saturated heterocycles. The van der Waals surface area contributed by atoms with E-state index >= 15 is 0 Å². The van der Waals surface area contributed by atoms with Gasteiger partial charge in [0.1, 0.15) is 41.9 Å². The molecule has 4 rings (SSSR count). The number of hydrogen-bond donors (Lipinski definition) is 5. The lowest BCUT2D eigenvalue weighted by Crippen LogP contribution is -2.60. The maximum absolute atomic E-state index is 10.8. The normalized spacial score (nSPS) is 32.0. The van der Waals surface area contributed by atoms with E-state index in [1.165, 1.54) is 33.5 Å². The van der Waals surface area contributed by atoms with E-state index in [-0.39, 0.29) is 43.7 Å². The minimum atomic E-state index is -1.72. The molecule has 2 heterocycles. The minimum absolute atomic E-state index is 0.164. The highest BCUT2D eigenvalue weighted by Gasteiger charge is 2.50. The first-order valence-electron chi connectivity index (χ1n) is 12.6. The van der Waals surface area contributed by atoms with E-state index in [0.717, 1.165) is 5.56 Å². The van der Waals surface area contributed by atoms with Crippen LogP contribution in [0.3, 0.4) is 0 Å². The van der Waals surface area contributed by atoms with Crippen molar-refractivity contribution >= 4 is 0 Å². The van der Waals surface area contributed by atoms with E-state index in [0.29, 0.717) is 5.75 Å². The fourth-order valence-corrected chi connectivity index (χ4v) is 4.44. The van der Waals surface area contributed by atoms with Crippen LogP contribution in [-0.4, -0.2) is 115 Å². The average Bonchev–Trinajstić information content (AvgIpc) is 3.25. The van der Waals surface area contributed by atoms with Crippen molar-refractivity contribution in [1.82, 2.24) is 0 Å². The van der Waals surface area contributed by atoms with Crippen LogP contribution in [0.4, 0.5) is 0 Å². The topological polar surface area (TPSA) is 175 Å². The lowest BCUT2D eigenvalue weighted by molar-refractivity contribution is -0.289. The third kappa shape index (κ3) is 6.60. The number of rotatable bonds is 12. The second-order valence-electron chi connectivity index (χ2n) is 9.53. The maximum Gasteiger partial charge on any atom is 0.229 e. The van der Waals surface area contributed by atoms with Gasteiger partial charge in [0.25, 0.3) is 0 Å². The van der Waals surface area contributed by atoms with E-state index in [4.69, 9.17) is 37.9 Å². The van der Waals surface area contributed by atoms with Gasteiger partial charge in [-0.1, -0.05) is 30.3 Å². The van der Waals surface area contributed by atoms with Gasteiger partial charge in [-0.05, 0) is 5.56 Å². The summed E-state index contributed by atoms with van der Waals surface area (Å²) in [6.45, 7) is -0.600. The van der Waals surface area contributed by atoms with Crippen LogP contribution in [0.1, 0.15) is 5.56 Å². The highest BCUT2D eigenvalue weighted by Crippen LogP contribution is 2.41. The summed E-state index contributed by atoms with van der Waals surface area (Å²) < 4.78 is 43.9. The van der Waals surface area contributed by atoms with Crippen molar-refractivity contribution in [3.8, 4) is 23.0 Å². The Morgan fingerprint density at radius 3 is 2.17 bits per heavy atom. The fourth-order valence-electron chi connectivity index (χ4n) is 4.44. The van der Waals surface area contributed by atoms with E-state index in [1.807, 2.05) is 30.3 Å². The smallest absolute Gasteiger partial charge is 0.229 e. The second kappa shape index (κ2) is 13.3. The van der Waals surface area contributed by atoms with Crippen LogP contribution in [0.15, 0.2) is 42.5 Å². The third-order valence-corrected chi connectivity index (χ3v) is 6.75. The molecule has 8 atom stereocenters. The van der Waals surface area contributed by atoms with Crippen LogP contribution in [0.25, 0.3) is 0 Å². The Bertz CT molecular complexity index is 1060.